The zero-order valence-corrected chi connectivity index (χ0v) is 25.0. The van der Waals surface area contributed by atoms with Crippen molar-refractivity contribution in [3.05, 3.63) is 107 Å². The number of hydrogen-bond donors (Lipinski definition) is 2. The summed E-state index contributed by atoms with van der Waals surface area (Å²) in [4.78, 5) is 31.2. The smallest absolute Gasteiger partial charge is 0.337 e. The van der Waals surface area contributed by atoms with E-state index in [0.29, 0.717) is 16.4 Å². The molecule has 42 heavy (non-hydrogen) atoms. The summed E-state index contributed by atoms with van der Waals surface area (Å²) in [5, 5.41) is 6.98. The van der Waals surface area contributed by atoms with E-state index >= 15 is 0 Å². The van der Waals surface area contributed by atoms with E-state index in [-0.39, 0.29) is 30.6 Å². The number of pyridine rings is 1. The number of anilines is 2. The summed E-state index contributed by atoms with van der Waals surface area (Å²) in [5.41, 5.74) is 7.78. The molecule has 1 aliphatic heterocycles. The lowest BCUT2D eigenvalue weighted by Crippen LogP contribution is -2.29. The van der Waals surface area contributed by atoms with Crippen LogP contribution in [0.25, 0.3) is 5.69 Å². The second kappa shape index (κ2) is 12.1. The van der Waals surface area contributed by atoms with Gasteiger partial charge in [0.2, 0.25) is 5.91 Å². The Morgan fingerprint density at radius 3 is 2.50 bits per heavy atom. The van der Waals surface area contributed by atoms with Crippen molar-refractivity contribution in [3.63, 3.8) is 0 Å². The number of rotatable bonds is 8. The number of nitrogens with zero attached hydrogens (tertiary/aromatic N) is 3. The van der Waals surface area contributed by atoms with Gasteiger partial charge in [-0.1, -0.05) is 12.1 Å². The van der Waals surface area contributed by atoms with Crippen LogP contribution in [0.1, 0.15) is 50.7 Å². The summed E-state index contributed by atoms with van der Waals surface area (Å²) in [6.07, 6.45) is 1.78. The number of esters is 1. The molecule has 0 aliphatic carbocycles. The molecular formula is C32H33N5O4S. The van der Waals surface area contributed by atoms with Gasteiger partial charge in [0, 0.05) is 41.8 Å². The fraction of sp³-hybridized carbons (Fsp3) is 0.250. The minimum atomic E-state index is -0.386. The number of benzene rings is 2. The average Bonchev–Trinajstić information content (AvgIpc) is 3.48. The van der Waals surface area contributed by atoms with E-state index in [1.165, 1.54) is 14.2 Å². The highest BCUT2D eigenvalue weighted by molar-refractivity contribution is 7.80. The van der Waals surface area contributed by atoms with Crippen molar-refractivity contribution in [2.24, 2.45) is 0 Å². The first-order valence-corrected chi connectivity index (χ1v) is 13.9. The van der Waals surface area contributed by atoms with Crippen LogP contribution in [0, 0.1) is 20.8 Å². The van der Waals surface area contributed by atoms with Gasteiger partial charge in [0.25, 0.3) is 0 Å². The third-order valence-electron chi connectivity index (χ3n) is 7.45. The second-order valence-corrected chi connectivity index (χ2v) is 10.6. The molecule has 1 amide bonds. The summed E-state index contributed by atoms with van der Waals surface area (Å²) in [5.74, 6) is -0.605. The predicted molar refractivity (Wildman–Crippen MR) is 166 cm³/mol. The summed E-state index contributed by atoms with van der Waals surface area (Å²) >= 11 is 5.94. The molecule has 1 aliphatic rings. The number of methoxy groups -OCH3 is 2. The quantitative estimate of drug-likeness (QED) is 0.212. The lowest BCUT2D eigenvalue weighted by molar-refractivity contribution is -0.119. The Kier molecular flexibility index (Phi) is 8.37. The highest BCUT2D eigenvalue weighted by Crippen LogP contribution is 2.44. The molecule has 9 nitrogen and oxygen atoms in total. The summed E-state index contributed by atoms with van der Waals surface area (Å²) in [7, 11) is 2.87. The summed E-state index contributed by atoms with van der Waals surface area (Å²) in [6.45, 7) is 6.04. The monoisotopic (exact) mass is 583 g/mol. The van der Waals surface area contributed by atoms with Crippen LogP contribution in [-0.2, 0) is 14.3 Å². The van der Waals surface area contributed by atoms with Crippen LogP contribution in [0.3, 0.4) is 0 Å². The van der Waals surface area contributed by atoms with E-state index in [9.17, 15) is 9.59 Å². The molecule has 3 heterocycles. The zero-order chi connectivity index (χ0) is 30.0. The van der Waals surface area contributed by atoms with Gasteiger partial charge in [-0.05, 0) is 98.7 Å². The molecular weight excluding hydrogens is 550 g/mol. The Labute approximate surface area is 250 Å². The average molecular weight is 584 g/mol. The highest BCUT2D eigenvalue weighted by Gasteiger charge is 2.42. The molecule has 10 heteroatoms. The SMILES string of the molecule is COCC(=O)Nc1ccc(N2C(=S)N[C@@H](c3ccccn3)[C@@H]2c2cc(C)n(-c3cccc(C(=O)OC)c3)c2C)cc1C. The second-order valence-electron chi connectivity index (χ2n) is 10.2. The molecule has 0 radical (unpaired) electrons. The molecule has 4 aromatic rings. The van der Waals surface area contributed by atoms with Crippen LogP contribution < -0.4 is 15.5 Å². The minimum Gasteiger partial charge on any atom is -0.465 e. The maximum Gasteiger partial charge on any atom is 0.337 e. The number of carbonyl (C=O) groups is 2. The Bertz CT molecular complexity index is 1650. The van der Waals surface area contributed by atoms with Gasteiger partial charge in [-0.2, -0.15) is 0 Å². The Hall–Kier alpha value is -4.54. The van der Waals surface area contributed by atoms with Crippen LogP contribution in [-0.4, -0.2) is 47.4 Å². The van der Waals surface area contributed by atoms with Crippen LogP contribution in [0.4, 0.5) is 11.4 Å². The summed E-state index contributed by atoms with van der Waals surface area (Å²) < 4.78 is 12.0. The molecule has 0 unspecified atom stereocenters. The molecule has 0 bridgehead atoms. The van der Waals surface area contributed by atoms with E-state index in [2.05, 4.69) is 38.1 Å². The molecule has 2 atom stereocenters. The van der Waals surface area contributed by atoms with Crippen molar-refractivity contribution < 1.29 is 19.1 Å². The van der Waals surface area contributed by atoms with Crippen molar-refractivity contribution in [1.82, 2.24) is 14.9 Å². The Morgan fingerprint density at radius 2 is 1.81 bits per heavy atom. The standard InChI is InChI=1S/C32H33N5O4S/c1-19-15-24(12-13-26(19)34-28(38)18-40-4)37-30(29(35-32(37)42)27-11-6-7-14-33-27)25-16-20(2)36(21(25)3)23-10-8-9-22(17-23)31(39)41-5/h6-17,29-30H,18H2,1-5H3,(H,34,38)(H,35,42)/t29-,30-/m0/s1. The van der Waals surface area contributed by atoms with E-state index in [0.717, 1.165) is 39.6 Å². The van der Waals surface area contributed by atoms with Gasteiger partial charge >= 0.3 is 5.97 Å². The number of ether oxygens (including phenoxy) is 2. The largest absolute Gasteiger partial charge is 0.465 e. The molecule has 0 spiro atoms. The molecule has 216 valence electrons. The van der Waals surface area contributed by atoms with Gasteiger partial charge in [0.15, 0.2) is 5.11 Å². The topological polar surface area (TPSA) is 97.7 Å². The molecule has 1 saturated heterocycles. The van der Waals surface area contributed by atoms with Gasteiger partial charge in [0.05, 0.1) is 30.5 Å². The number of carbonyl (C=O) groups excluding carboxylic acids is 2. The number of thiocarbonyl (C=S) groups is 1. The maximum atomic E-state index is 12.3. The van der Waals surface area contributed by atoms with Gasteiger partial charge in [-0.15, -0.1) is 0 Å². The van der Waals surface area contributed by atoms with E-state index in [1.54, 1.807) is 12.3 Å². The van der Waals surface area contributed by atoms with E-state index in [4.69, 9.17) is 21.7 Å². The van der Waals surface area contributed by atoms with Gasteiger partial charge in [0.1, 0.15) is 6.61 Å². The molecule has 0 saturated carbocycles. The molecule has 1 fully saturated rings. The van der Waals surface area contributed by atoms with Crippen molar-refractivity contribution in [2.45, 2.75) is 32.9 Å². The Balaban J connectivity index is 1.61. The Morgan fingerprint density at radius 1 is 1.00 bits per heavy atom. The normalized spacial score (nSPS) is 16.3. The first kappa shape index (κ1) is 29.0. The maximum absolute atomic E-state index is 12.3. The van der Waals surface area contributed by atoms with Gasteiger partial charge in [-0.25, -0.2) is 4.79 Å². The van der Waals surface area contributed by atoms with E-state index in [1.807, 2.05) is 68.4 Å². The lowest BCUT2D eigenvalue weighted by Gasteiger charge is -2.29. The number of hydrogen-bond acceptors (Lipinski definition) is 6. The van der Waals surface area contributed by atoms with Crippen molar-refractivity contribution in [2.75, 3.05) is 31.0 Å². The van der Waals surface area contributed by atoms with Gasteiger partial charge in [-0.3, -0.25) is 9.78 Å². The first-order valence-electron chi connectivity index (χ1n) is 13.5. The number of aromatic nitrogens is 2. The van der Waals surface area contributed by atoms with Crippen molar-refractivity contribution in [1.29, 1.82) is 0 Å². The third-order valence-corrected chi connectivity index (χ3v) is 7.76. The third kappa shape index (κ3) is 5.50. The van der Waals surface area contributed by atoms with Crippen molar-refractivity contribution >= 4 is 40.6 Å². The van der Waals surface area contributed by atoms with Crippen LogP contribution >= 0.6 is 12.2 Å². The minimum absolute atomic E-state index is 0.0205. The number of amides is 1. The predicted octanol–water partition coefficient (Wildman–Crippen LogP) is 5.35. The fourth-order valence-electron chi connectivity index (χ4n) is 5.58. The highest BCUT2D eigenvalue weighted by atomic mass is 32.1. The molecule has 2 aromatic carbocycles. The lowest BCUT2D eigenvalue weighted by atomic mass is 9.96. The number of aryl methyl sites for hydroxylation is 2. The van der Waals surface area contributed by atoms with Crippen LogP contribution in [0.2, 0.25) is 0 Å². The van der Waals surface area contributed by atoms with Crippen molar-refractivity contribution in [3.8, 4) is 5.69 Å². The fourth-order valence-corrected chi connectivity index (χ4v) is 5.92. The van der Waals surface area contributed by atoms with Crippen LogP contribution in [0.15, 0.2) is 72.9 Å². The first-order chi connectivity index (χ1) is 20.2. The molecule has 2 N–H and O–H groups in total. The zero-order valence-electron chi connectivity index (χ0n) is 24.2. The van der Waals surface area contributed by atoms with Gasteiger partial charge < -0.3 is 29.6 Å². The summed E-state index contributed by atoms with van der Waals surface area (Å²) in [6, 6.07) is 20.8. The molecule has 5 rings (SSSR count). The van der Waals surface area contributed by atoms with E-state index < -0.39 is 0 Å². The molecule has 2 aromatic heterocycles. The van der Waals surface area contributed by atoms with Crippen LogP contribution in [0.5, 0.6) is 0 Å². The number of nitrogens with one attached hydrogen (secondary N) is 2.